The number of hydrogen-bond donors (Lipinski definition) is 1. The summed E-state index contributed by atoms with van der Waals surface area (Å²) in [6.45, 7) is 11.9. The van der Waals surface area contributed by atoms with Crippen LogP contribution < -0.4 is 4.74 Å². The van der Waals surface area contributed by atoms with Crippen molar-refractivity contribution in [3.8, 4) is 5.75 Å². The summed E-state index contributed by atoms with van der Waals surface area (Å²) in [5.74, 6) is -0.0593. The van der Waals surface area contributed by atoms with Gasteiger partial charge in [0.05, 0.1) is 6.61 Å². The Bertz CT molecular complexity index is 880. The zero-order valence-electron chi connectivity index (χ0n) is 22.7. The summed E-state index contributed by atoms with van der Waals surface area (Å²) >= 11 is 1.57. The van der Waals surface area contributed by atoms with Crippen LogP contribution in [0.25, 0.3) is 0 Å². The highest BCUT2D eigenvalue weighted by Gasteiger charge is 2.15. The van der Waals surface area contributed by atoms with Crippen LogP contribution in [-0.2, 0) is 9.63 Å². The largest absolute Gasteiger partial charge is 0.491 e. The van der Waals surface area contributed by atoms with E-state index in [9.17, 15) is 9.59 Å². The number of rotatable bonds is 13. The number of oxime groups is 1. The number of ketones is 1. The molecule has 0 saturated carbocycles. The van der Waals surface area contributed by atoms with Crippen molar-refractivity contribution in [2.75, 3.05) is 13.2 Å². The first-order chi connectivity index (χ1) is 17.4. The van der Waals surface area contributed by atoms with Crippen molar-refractivity contribution < 1.29 is 24.3 Å². The second kappa shape index (κ2) is 21.6. The summed E-state index contributed by atoms with van der Waals surface area (Å²) in [7, 11) is 0. The molecule has 0 aromatic heterocycles. The Hall–Kier alpha value is -2.64. The number of benzene rings is 2. The average molecular weight is 518 g/mol. The number of ether oxygens (including phenoxy) is 1. The molecule has 0 fully saturated rings. The van der Waals surface area contributed by atoms with E-state index >= 15 is 0 Å². The van der Waals surface area contributed by atoms with Gasteiger partial charge in [-0.25, -0.2) is 4.79 Å². The minimum atomic E-state index is -0.543. The van der Waals surface area contributed by atoms with Gasteiger partial charge in [0.15, 0.2) is 0 Å². The first kappa shape index (κ1) is 33.4. The van der Waals surface area contributed by atoms with Crippen LogP contribution in [0.2, 0.25) is 0 Å². The molecule has 0 spiro atoms. The maximum absolute atomic E-state index is 12.9. The molecule has 36 heavy (non-hydrogen) atoms. The Morgan fingerprint density at radius 2 is 1.44 bits per heavy atom. The predicted molar refractivity (Wildman–Crippen MR) is 149 cm³/mol. The van der Waals surface area contributed by atoms with Crippen molar-refractivity contribution >= 4 is 29.2 Å². The third-order valence-corrected chi connectivity index (χ3v) is 5.37. The minimum absolute atomic E-state index is 0.0202. The van der Waals surface area contributed by atoms with Gasteiger partial charge in [-0.15, -0.1) is 0 Å². The van der Waals surface area contributed by atoms with Gasteiger partial charge in [0.1, 0.15) is 18.1 Å². The summed E-state index contributed by atoms with van der Waals surface area (Å²) in [6, 6.07) is 14.9. The highest BCUT2D eigenvalue weighted by atomic mass is 32.2. The van der Waals surface area contributed by atoms with Crippen LogP contribution in [-0.4, -0.2) is 35.8 Å². The standard InChI is InChI=1S/C24H29NO5S.C3H8.C2H6/c1-3-4-5-6-7-23(25-30-18(2)27)24(28)19-8-12-21(13-9-19)31-22-14-10-20(11-15-22)29-17-16-26;1-3-2;1-2/h8-15,26H,3-7,16-17H2,1-2H3;3H2,1-2H3;1-2H3/b25-23+;;. The number of nitrogens with zero attached hydrogens (tertiary/aromatic N) is 1. The number of carbonyl (C=O) groups is 2. The zero-order valence-corrected chi connectivity index (χ0v) is 23.5. The van der Waals surface area contributed by atoms with Gasteiger partial charge < -0.3 is 14.7 Å². The van der Waals surface area contributed by atoms with Crippen LogP contribution in [0.5, 0.6) is 5.75 Å². The second-order valence-electron chi connectivity index (χ2n) is 7.64. The number of hydrogen-bond acceptors (Lipinski definition) is 7. The molecule has 2 rings (SSSR count). The summed E-state index contributed by atoms with van der Waals surface area (Å²) < 4.78 is 5.36. The molecule has 0 saturated heterocycles. The zero-order chi connectivity index (χ0) is 27.2. The average Bonchev–Trinajstić information content (AvgIpc) is 2.89. The van der Waals surface area contributed by atoms with Crippen LogP contribution in [0, 0.1) is 0 Å². The van der Waals surface area contributed by atoms with E-state index in [-0.39, 0.29) is 24.7 Å². The van der Waals surface area contributed by atoms with Gasteiger partial charge in [0, 0.05) is 22.3 Å². The van der Waals surface area contributed by atoms with E-state index in [1.54, 1.807) is 23.9 Å². The number of Topliss-reactive ketones (excluding diaryl/α,β-unsaturated/α-hetero) is 1. The SMILES string of the molecule is CC.CCC.CCCCCC/C(=N\OC(C)=O)C(=O)c1ccc(Sc2ccc(OCCO)cc2)cc1. The van der Waals surface area contributed by atoms with E-state index < -0.39 is 5.97 Å². The van der Waals surface area contributed by atoms with Crippen molar-refractivity contribution in [1.82, 2.24) is 0 Å². The molecule has 1 N–H and O–H groups in total. The topological polar surface area (TPSA) is 85.2 Å². The lowest BCUT2D eigenvalue weighted by Gasteiger charge is -2.08. The molecule has 0 aliphatic rings. The summed E-state index contributed by atoms with van der Waals surface area (Å²) in [5, 5.41) is 12.6. The quantitative estimate of drug-likeness (QED) is 0.0962. The molecule has 6 nitrogen and oxygen atoms in total. The number of aliphatic hydroxyl groups is 1. The van der Waals surface area contributed by atoms with Crippen LogP contribution in [0.3, 0.4) is 0 Å². The molecule has 2 aromatic carbocycles. The Kier molecular flexibility index (Phi) is 20.0. The van der Waals surface area contributed by atoms with Crippen LogP contribution in [0.15, 0.2) is 63.5 Å². The van der Waals surface area contributed by atoms with Crippen molar-refractivity contribution in [2.45, 2.75) is 89.9 Å². The fourth-order valence-electron chi connectivity index (χ4n) is 2.78. The summed E-state index contributed by atoms with van der Waals surface area (Å²) in [5.41, 5.74) is 0.781. The molecule has 0 heterocycles. The lowest BCUT2D eigenvalue weighted by atomic mass is 10.0. The third kappa shape index (κ3) is 14.7. The van der Waals surface area contributed by atoms with Crippen molar-refractivity contribution in [1.29, 1.82) is 0 Å². The van der Waals surface area contributed by atoms with Crippen LogP contribution in [0.1, 0.15) is 90.4 Å². The monoisotopic (exact) mass is 517 g/mol. The maximum Gasteiger partial charge on any atom is 0.331 e. The van der Waals surface area contributed by atoms with Gasteiger partial charge in [-0.05, 0) is 61.4 Å². The minimum Gasteiger partial charge on any atom is -0.491 e. The molecule has 0 aliphatic carbocycles. The molecular weight excluding hydrogens is 474 g/mol. The van der Waals surface area contributed by atoms with E-state index in [0.717, 1.165) is 35.5 Å². The van der Waals surface area contributed by atoms with E-state index in [1.807, 2.05) is 50.2 Å². The molecular formula is C29H43NO5S. The van der Waals surface area contributed by atoms with E-state index in [4.69, 9.17) is 14.7 Å². The highest BCUT2D eigenvalue weighted by molar-refractivity contribution is 7.99. The lowest BCUT2D eigenvalue weighted by molar-refractivity contribution is -0.140. The van der Waals surface area contributed by atoms with Crippen LogP contribution >= 0.6 is 11.8 Å². The van der Waals surface area contributed by atoms with E-state index in [2.05, 4.69) is 25.9 Å². The summed E-state index contributed by atoms with van der Waals surface area (Å²) in [4.78, 5) is 30.7. The lowest BCUT2D eigenvalue weighted by Crippen LogP contribution is -2.16. The van der Waals surface area contributed by atoms with Gasteiger partial charge in [-0.3, -0.25) is 4.79 Å². The Morgan fingerprint density at radius 3 is 1.94 bits per heavy atom. The number of aliphatic hydroxyl groups excluding tert-OH is 1. The molecule has 0 bridgehead atoms. The molecule has 2 aromatic rings. The highest BCUT2D eigenvalue weighted by Crippen LogP contribution is 2.29. The molecule has 0 amide bonds. The van der Waals surface area contributed by atoms with Crippen molar-refractivity contribution in [2.24, 2.45) is 5.16 Å². The third-order valence-electron chi connectivity index (χ3n) is 4.35. The number of unbranched alkanes of at least 4 members (excludes halogenated alkanes) is 3. The van der Waals surface area contributed by atoms with Gasteiger partial charge in [-0.2, -0.15) is 0 Å². The molecule has 7 heteroatoms. The fraction of sp³-hybridized carbons (Fsp3) is 0.483. The molecule has 0 aliphatic heterocycles. The fourth-order valence-corrected chi connectivity index (χ4v) is 3.60. The molecule has 200 valence electrons. The second-order valence-corrected chi connectivity index (χ2v) is 8.78. The van der Waals surface area contributed by atoms with Gasteiger partial charge in [0.2, 0.25) is 5.78 Å². The molecule has 0 atom stereocenters. The predicted octanol–water partition coefficient (Wildman–Crippen LogP) is 7.72. The van der Waals surface area contributed by atoms with E-state index in [0.29, 0.717) is 17.7 Å². The first-order valence-electron chi connectivity index (χ1n) is 12.9. The first-order valence-corrected chi connectivity index (χ1v) is 13.7. The Labute approximate surface area is 221 Å². The van der Waals surface area contributed by atoms with Gasteiger partial charge >= 0.3 is 5.97 Å². The van der Waals surface area contributed by atoms with Crippen LogP contribution in [0.4, 0.5) is 0 Å². The Morgan fingerprint density at radius 1 is 0.889 bits per heavy atom. The molecule has 0 unspecified atom stereocenters. The maximum atomic E-state index is 12.9. The van der Waals surface area contributed by atoms with Crippen molar-refractivity contribution in [3.05, 3.63) is 54.1 Å². The normalized spacial score (nSPS) is 10.4. The smallest absolute Gasteiger partial charge is 0.331 e. The van der Waals surface area contributed by atoms with Crippen molar-refractivity contribution in [3.63, 3.8) is 0 Å². The van der Waals surface area contributed by atoms with Gasteiger partial charge in [-0.1, -0.05) is 77.2 Å². The van der Waals surface area contributed by atoms with E-state index in [1.165, 1.54) is 13.3 Å². The van der Waals surface area contributed by atoms with Gasteiger partial charge in [0.25, 0.3) is 0 Å². The Balaban J connectivity index is 0.00000227. The summed E-state index contributed by atoms with van der Waals surface area (Å²) in [6.07, 6.45) is 5.75. The number of carbonyl (C=O) groups excluding carboxylic acids is 2. The molecule has 0 radical (unpaired) electrons.